The average molecular weight is 163 g/mol. The number of rotatable bonds is 3. The highest BCUT2D eigenvalue weighted by Crippen LogP contribution is 1.99. The van der Waals surface area contributed by atoms with E-state index in [1.165, 1.54) is 5.01 Å². The van der Waals surface area contributed by atoms with Gasteiger partial charge in [-0.25, -0.2) is 5.01 Å². The van der Waals surface area contributed by atoms with E-state index in [2.05, 4.69) is 11.8 Å². The van der Waals surface area contributed by atoms with Gasteiger partial charge in [-0.3, -0.25) is 4.79 Å². The van der Waals surface area contributed by atoms with Crippen molar-refractivity contribution in [3.05, 3.63) is 0 Å². The monoisotopic (exact) mass is 162 g/mol. The van der Waals surface area contributed by atoms with Crippen LogP contribution in [0.3, 0.4) is 0 Å². The molecule has 0 unspecified atom stereocenters. The molecule has 0 aliphatic rings. The van der Waals surface area contributed by atoms with Crippen molar-refractivity contribution < 1.29 is 4.79 Å². The van der Waals surface area contributed by atoms with Gasteiger partial charge in [0.05, 0.1) is 0 Å². The Morgan fingerprint density at radius 1 is 1.80 bits per heavy atom. The summed E-state index contributed by atoms with van der Waals surface area (Å²) in [4.78, 5) is 10.8. The van der Waals surface area contributed by atoms with E-state index in [1.807, 2.05) is 13.8 Å². The largest absolute Gasteiger partial charge is 0.272 e. The summed E-state index contributed by atoms with van der Waals surface area (Å²) in [5.41, 5.74) is 0. The number of alkyl halides is 1. The Kier molecular flexibility index (Phi) is 4.03. The van der Waals surface area contributed by atoms with Crippen molar-refractivity contribution >= 4 is 24.2 Å². The van der Waals surface area contributed by atoms with Gasteiger partial charge < -0.3 is 0 Å². The molecule has 10 heavy (non-hydrogen) atoms. The number of carbonyl (C=O) groups is 1. The maximum Gasteiger partial charge on any atom is 0.257 e. The minimum atomic E-state index is -0.216. The molecule has 0 saturated carbocycles. The number of hydrazone groups is 1. The van der Waals surface area contributed by atoms with Crippen molar-refractivity contribution in [1.29, 1.82) is 0 Å². The molecule has 0 aromatic heterocycles. The molecule has 0 radical (unpaired) electrons. The molecule has 0 N–H and O–H groups in total. The van der Waals surface area contributed by atoms with Gasteiger partial charge in [0.25, 0.3) is 5.91 Å². The van der Waals surface area contributed by atoms with Gasteiger partial charge in [-0.15, -0.1) is 11.6 Å². The molecule has 0 aliphatic heterocycles. The second-order valence-corrected chi connectivity index (χ2v) is 2.37. The van der Waals surface area contributed by atoms with Crippen LogP contribution < -0.4 is 0 Å². The molecule has 4 heteroatoms. The summed E-state index contributed by atoms with van der Waals surface area (Å²) in [6, 6.07) is 0.0312. The first-order valence-electron chi connectivity index (χ1n) is 2.98. The standard InChI is InChI=1S/C6H11ClN2O/c1-5(2)9(8-3)6(10)4-7/h5H,3-4H2,1-2H3. The molecule has 0 fully saturated rings. The van der Waals surface area contributed by atoms with Gasteiger partial charge >= 0.3 is 0 Å². The minimum Gasteiger partial charge on any atom is -0.272 e. The van der Waals surface area contributed by atoms with E-state index >= 15 is 0 Å². The third-order valence-electron chi connectivity index (χ3n) is 1.01. The van der Waals surface area contributed by atoms with Crippen molar-refractivity contribution in [3.8, 4) is 0 Å². The minimum absolute atomic E-state index is 0.0312. The zero-order valence-corrected chi connectivity index (χ0v) is 6.93. The van der Waals surface area contributed by atoms with Gasteiger partial charge in [-0.2, -0.15) is 5.10 Å². The Morgan fingerprint density at radius 2 is 2.30 bits per heavy atom. The van der Waals surface area contributed by atoms with Crippen LogP contribution in [0.25, 0.3) is 0 Å². The molecule has 0 bridgehead atoms. The Morgan fingerprint density at radius 3 is 2.40 bits per heavy atom. The Bertz CT molecular complexity index is 136. The van der Waals surface area contributed by atoms with Crippen molar-refractivity contribution in [2.75, 3.05) is 5.88 Å². The Labute approximate surface area is 65.7 Å². The lowest BCUT2D eigenvalue weighted by Crippen LogP contribution is -2.32. The summed E-state index contributed by atoms with van der Waals surface area (Å²) in [7, 11) is 0. The molecule has 0 rings (SSSR count). The summed E-state index contributed by atoms with van der Waals surface area (Å²) >= 11 is 5.29. The second kappa shape index (κ2) is 4.28. The first kappa shape index (κ1) is 9.43. The highest BCUT2D eigenvalue weighted by Gasteiger charge is 2.12. The number of hydrogen-bond donors (Lipinski definition) is 0. The molecular weight excluding hydrogens is 152 g/mol. The van der Waals surface area contributed by atoms with E-state index in [0.29, 0.717) is 0 Å². The highest BCUT2D eigenvalue weighted by atomic mass is 35.5. The van der Waals surface area contributed by atoms with E-state index in [0.717, 1.165) is 0 Å². The number of hydrogen-bond acceptors (Lipinski definition) is 2. The first-order valence-corrected chi connectivity index (χ1v) is 3.51. The molecule has 0 aromatic rings. The van der Waals surface area contributed by atoms with Crippen LogP contribution >= 0.6 is 11.6 Å². The molecule has 0 saturated heterocycles. The number of carbonyl (C=O) groups excluding carboxylic acids is 1. The molecule has 0 aromatic carbocycles. The van der Waals surface area contributed by atoms with Crippen LogP contribution in [0.4, 0.5) is 0 Å². The van der Waals surface area contributed by atoms with Crippen LogP contribution in [0.1, 0.15) is 13.8 Å². The van der Waals surface area contributed by atoms with Crippen molar-refractivity contribution in [2.45, 2.75) is 19.9 Å². The van der Waals surface area contributed by atoms with Crippen molar-refractivity contribution in [2.24, 2.45) is 5.10 Å². The van der Waals surface area contributed by atoms with Gasteiger partial charge in [0, 0.05) is 12.8 Å². The van der Waals surface area contributed by atoms with E-state index in [-0.39, 0.29) is 17.8 Å². The third-order valence-corrected chi connectivity index (χ3v) is 1.24. The van der Waals surface area contributed by atoms with Gasteiger partial charge in [0.2, 0.25) is 0 Å². The molecule has 3 nitrogen and oxygen atoms in total. The van der Waals surface area contributed by atoms with Gasteiger partial charge in [0.15, 0.2) is 0 Å². The predicted octanol–water partition coefficient (Wildman–Crippen LogP) is 1.08. The zero-order chi connectivity index (χ0) is 8.15. The lowest BCUT2D eigenvalue weighted by molar-refractivity contribution is -0.130. The average Bonchev–Trinajstić information content (AvgIpc) is 1.88. The van der Waals surface area contributed by atoms with Gasteiger partial charge in [-0.05, 0) is 13.8 Å². The SMILES string of the molecule is C=NN(C(=O)CCl)C(C)C. The van der Waals surface area contributed by atoms with Crippen LogP contribution in [-0.2, 0) is 4.79 Å². The number of amides is 1. The molecule has 0 spiro atoms. The van der Waals surface area contributed by atoms with E-state index < -0.39 is 0 Å². The smallest absolute Gasteiger partial charge is 0.257 e. The van der Waals surface area contributed by atoms with Crippen LogP contribution in [0.2, 0.25) is 0 Å². The van der Waals surface area contributed by atoms with Crippen molar-refractivity contribution in [1.82, 2.24) is 5.01 Å². The Balaban J connectivity index is 4.06. The van der Waals surface area contributed by atoms with Crippen molar-refractivity contribution in [3.63, 3.8) is 0 Å². The topological polar surface area (TPSA) is 32.7 Å². The van der Waals surface area contributed by atoms with Crippen LogP contribution in [0, 0.1) is 0 Å². The molecule has 1 amide bonds. The third kappa shape index (κ3) is 2.35. The molecule has 0 heterocycles. The van der Waals surface area contributed by atoms with Crippen LogP contribution in [0.5, 0.6) is 0 Å². The fourth-order valence-corrected chi connectivity index (χ4v) is 0.714. The summed E-state index contributed by atoms with van der Waals surface area (Å²) in [5.74, 6) is -0.260. The molecule has 0 aliphatic carbocycles. The predicted molar refractivity (Wildman–Crippen MR) is 42.3 cm³/mol. The summed E-state index contributed by atoms with van der Waals surface area (Å²) in [6.07, 6.45) is 0. The maximum atomic E-state index is 10.8. The number of halogens is 1. The zero-order valence-electron chi connectivity index (χ0n) is 6.17. The van der Waals surface area contributed by atoms with Gasteiger partial charge in [-0.1, -0.05) is 0 Å². The molecular formula is C6H11ClN2O. The normalized spacial score (nSPS) is 9.60. The quantitative estimate of drug-likeness (QED) is 0.347. The Hall–Kier alpha value is -0.570. The molecule has 58 valence electrons. The summed E-state index contributed by atoms with van der Waals surface area (Å²) in [6.45, 7) is 6.94. The van der Waals surface area contributed by atoms with E-state index in [9.17, 15) is 4.79 Å². The summed E-state index contributed by atoms with van der Waals surface area (Å²) < 4.78 is 0. The highest BCUT2D eigenvalue weighted by molar-refractivity contribution is 6.27. The fourth-order valence-electron chi connectivity index (χ4n) is 0.591. The summed E-state index contributed by atoms with van der Waals surface area (Å²) in [5, 5.41) is 4.76. The fraction of sp³-hybridized carbons (Fsp3) is 0.667. The lowest BCUT2D eigenvalue weighted by Gasteiger charge is -2.18. The lowest BCUT2D eigenvalue weighted by atomic mass is 10.4. The van der Waals surface area contributed by atoms with Crippen LogP contribution in [0.15, 0.2) is 5.10 Å². The van der Waals surface area contributed by atoms with E-state index in [1.54, 1.807) is 0 Å². The maximum absolute atomic E-state index is 10.8. The van der Waals surface area contributed by atoms with Gasteiger partial charge in [0.1, 0.15) is 5.88 Å². The van der Waals surface area contributed by atoms with E-state index in [4.69, 9.17) is 11.6 Å². The van der Waals surface area contributed by atoms with Crippen LogP contribution in [-0.4, -0.2) is 29.6 Å². The molecule has 0 atom stereocenters. The number of nitrogens with zero attached hydrogens (tertiary/aromatic N) is 2. The first-order chi connectivity index (χ1) is 4.63. The second-order valence-electron chi connectivity index (χ2n) is 2.11.